The Labute approximate surface area is 512 Å². The van der Waals surface area contributed by atoms with Crippen molar-refractivity contribution in [1.29, 1.82) is 0 Å². The third kappa shape index (κ3) is 48.5. The monoisotopic (exact) mass is 1180 g/mol. The van der Waals surface area contributed by atoms with Crippen molar-refractivity contribution in [2.45, 2.75) is 428 Å². The zero-order valence-electron chi connectivity index (χ0n) is 54.7. The maximum atomic E-state index is 13.3. The molecule has 0 aromatic rings. The summed E-state index contributed by atoms with van der Waals surface area (Å²) in [5, 5.41) is 76.6. The summed E-state index contributed by atoms with van der Waals surface area (Å²) in [6.07, 6.45) is 64.4. The van der Waals surface area contributed by atoms with Crippen molar-refractivity contribution in [3.63, 3.8) is 0 Å². The Morgan fingerprint density at radius 1 is 0.410 bits per heavy atom. The molecule has 1 saturated heterocycles. The van der Waals surface area contributed by atoms with Crippen molar-refractivity contribution in [3.8, 4) is 0 Å². The normalized spacial score (nSPS) is 19.0. The number of carbonyl (C=O) groups excluding carboxylic acids is 1. The van der Waals surface area contributed by atoms with Crippen LogP contribution in [0.5, 0.6) is 0 Å². The van der Waals surface area contributed by atoms with Crippen molar-refractivity contribution in [2.24, 2.45) is 0 Å². The van der Waals surface area contributed by atoms with Gasteiger partial charge in [0, 0.05) is 0 Å². The van der Waals surface area contributed by atoms with Gasteiger partial charge in [-0.3, -0.25) is 4.79 Å². The third-order valence-electron chi connectivity index (χ3n) is 18.1. The zero-order valence-corrected chi connectivity index (χ0v) is 54.7. The molecule has 494 valence electrons. The summed E-state index contributed by atoms with van der Waals surface area (Å²) < 4.78 is 11.2. The number of hydrogen-bond acceptors (Lipinski definition) is 10. The topological polar surface area (TPSA) is 189 Å². The van der Waals surface area contributed by atoms with E-state index >= 15 is 0 Å². The Balaban J connectivity index is 2.18. The second-order valence-electron chi connectivity index (χ2n) is 26.0. The molecule has 11 nitrogen and oxygen atoms in total. The van der Waals surface area contributed by atoms with Gasteiger partial charge in [0.1, 0.15) is 36.6 Å². The highest BCUT2D eigenvalue weighted by Gasteiger charge is 2.44. The highest BCUT2D eigenvalue weighted by atomic mass is 16.7. The fourth-order valence-corrected chi connectivity index (χ4v) is 12.2. The van der Waals surface area contributed by atoms with Gasteiger partial charge in [-0.15, -0.1) is 0 Å². The molecule has 83 heavy (non-hydrogen) atoms. The van der Waals surface area contributed by atoms with Gasteiger partial charge in [-0.2, -0.15) is 0 Å². The predicted molar refractivity (Wildman–Crippen MR) is 349 cm³/mol. The number of amides is 1. The van der Waals surface area contributed by atoms with E-state index in [-0.39, 0.29) is 6.42 Å². The Bertz CT molecular complexity index is 1350. The number of allylic oxidation sites excluding steroid dienone is 2. The van der Waals surface area contributed by atoms with Gasteiger partial charge in [0.05, 0.1) is 25.4 Å². The first-order valence-electron chi connectivity index (χ1n) is 36.6. The molecule has 11 heteroatoms. The lowest BCUT2D eigenvalue weighted by Crippen LogP contribution is -2.60. The summed E-state index contributed by atoms with van der Waals surface area (Å²) >= 11 is 0. The molecule has 1 heterocycles. The van der Waals surface area contributed by atoms with Crippen molar-refractivity contribution in [2.75, 3.05) is 13.2 Å². The van der Waals surface area contributed by atoms with Crippen LogP contribution in [0.1, 0.15) is 373 Å². The number of unbranched alkanes of at least 4 members (excludes halogenated alkanes) is 51. The van der Waals surface area contributed by atoms with E-state index in [4.69, 9.17) is 9.47 Å². The van der Waals surface area contributed by atoms with E-state index in [1.54, 1.807) is 0 Å². The average molecular weight is 1180 g/mol. The largest absolute Gasteiger partial charge is 0.394 e. The summed E-state index contributed by atoms with van der Waals surface area (Å²) in [6, 6.07) is -1.17. The number of nitrogens with one attached hydrogen (secondary N) is 1. The minimum atomic E-state index is -1.66. The second kappa shape index (κ2) is 61.1. The number of ether oxygens (including phenoxy) is 2. The van der Waals surface area contributed by atoms with Crippen LogP contribution in [-0.2, 0) is 14.3 Å². The zero-order chi connectivity index (χ0) is 60.3. The molecule has 1 aliphatic rings. The van der Waals surface area contributed by atoms with E-state index in [0.717, 1.165) is 38.5 Å². The Morgan fingerprint density at radius 2 is 0.699 bits per heavy atom. The molecule has 0 aromatic carbocycles. The van der Waals surface area contributed by atoms with Crippen LogP contribution in [-0.4, -0.2) is 110 Å². The molecule has 0 aliphatic carbocycles. The fraction of sp³-hybridized carbons (Fsp3) is 0.958. The first-order chi connectivity index (χ1) is 40.7. The predicted octanol–water partition coefficient (Wildman–Crippen LogP) is 17.8. The summed E-state index contributed by atoms with van der Waals surface area (Å²) in [5.41, 5.74) is 0. The molecule has 9 unspecified atom stereocenters. The van der Waals surface area contributed by atoms with Crippen LogP contribution in [0.3, 0.4) is 0 Å². The van der Waals surface area contributed by atoms with Gasteiger partial charge >= 0.3 is 0 Å². The summed E-state index contributed by atoms with van der Waals surface area (Å²) in [6.45, 7) is 3.53. The van der Waals surface area contributed by atoms with Crippen molar-refractivity contribution >= 4 is 5.91 Å². The molecule has 0 saturated carbocycles. The van der Waals surface area contributed by atoms with Crippen LogP contribution in [0, 0.1) is 0 Å². The first kappa shape index (κ1) is 79.9. The maximum Gasteiger partial charge on any atom is 0.249 e. The quantitative estimate of drug-likeness (QED) is 0.0215. The summed E-state index contributed by atoms with van der Waals surface area (Å²) in [7, 11) is 0. The highest BCUT2D eigenvalue weighted by Crippen LogP contribution is 2.24. The minimum Gasteiger partial charge on any atom is -0.394 e. The lowest BCUT2D eigenvalue weighted by molar-refractivity contribution is -0.303. The average Bonchev–Trinajstić information content (AvgIpc) is 3.68. The van der Waals surface area contributed by atoms with E-state index in [0.29, 0.717) is 19.3 Å². The van der Waals surface area contributed by atoms with E-state index in [2.05, 4.69) is 31.3 Å². The van der Waals surface area contributed by atoms with Crippen LogP contribution < -0.4 is 5.32 Å². The van der Waals surface area contributed by atoms with Gasteiger partial charge in [0.2, 0.25) is 5.91 Å². The van der Waals surface area contributed by atoms with E-state index in [1.807, 2.05) is 0 Å². The standard InChI is InChI=1S/C72H141NO10/c1-3-5-7-9-11-13-15-17-19-21-23-25-27-29-31-32-33-34-36-37-39-41-43-45-47-49-51-53-55-57-59-64(75)67(77)63(62-82-72-70(80)69(79)68(78)66(61-74)83-72)73-71(81)65(76)60-58-56-54-52-50-48-46-44-42-40-38-35-30-28-26-24-22-20-18-16-14-12-10-8-6-4-2/h30,35,63-70,72,74-80H,3-29,31-34,36-62H2,1-2H3,(H,73,81)/b35-30-. The second-order valence-corrected chi connectivity index (χ2v) is 26.0. The lowest BCUT2D eigenvalue weighted by atomic mass is 9.98. The van der Waals surface area contributed by atoms with E-state index in [1.165, 1.54) is 295 Å². The highest BCUT2D eigenvalue weighted by molar-refractivity contribution is 5.80. The van der Waals surface area contributed by atoms with Gasteiger partial charge in [-0.1, -0.05) is 347 Å². The molecule has 8 N–H and O–H groups in total. The number of hydrogen-bond donors (Lipinski definition) is 8. The van der Waals surface area contributed by atoms with Gasteiger partial charge in [-0.05, 0) is 38.5 Å². The Morgan fingerprint density at radius 3 is 1.01 bits per heavy atom. The Kier molecular flexibility index (Phi) is 58.8. The molecule has 1 rings (SSSR count). The van der Waals surface area contributed by atoms with Crippen molar-refractivity contribution < 1.29 is 50.0 Å². The maximum absolute atomic E-state index is 13.3. The number of carbonyl (C=O) groups is 1. The Hall–Kier alpha value is -1.15. The smallest absolute Gasteiger partial charge is 0.249 e. The molecule has 0 aromatic heterocycles. The van der Waals surface area contributed by atoms with Crippen molar-refractivity contribution in [1.82, 2.24) is 5.32 Å². The molecular formula is C72H141NO10. The number of aliphatic hydroxyl groups excluding tert-OH is 7. The molecule has 1 aliphatic heterocycles. The molecule has 9 atom stereocenters. The summed E-state index contributed by atoms with van der Waals surface area (Å²) in [4.78, 5) is 13.3. The van der Waals surface area contributed by atoms with E-state index < -0.39 is 74.2 Å². The number of aliphatic hydroxyl groups is 7. The molecule has 1 fully saturated rings. The SMILES string of the molecule is CCCCCCCCCCCCCC/C=C\CCCCCCCCCCCCC(O)C(=O)NC(COC1OC(CO)C(O)C(O)C1O)C(O)C(O)CCCCCCCCCCCCCCCCCCCCCCCCCCCCCCCC. The van der Waals surface area contributed by atoms with Gasteiger partial charge in [-0.25, -0.2) is 0 Å². The van der Waals surface area contributed by atoms with Crippen LogP contribution in [0.4, 0.5) is 0 Å². The van der Waals surface area contributed by atoms with Crippen LogP contribution in [0.15, 0.2) is 12.2 Å². The molecule has 0 bridgehead atoms. The lowest BCUT2D eigenvalue weighted by Gasteiger charge is -2.40. The minimum absolute atomic E-state index is 0.262. The van der Waals surface area contributed by atoms with Crippen LogP contribution in [0.25, 0.3) is 0 Å². The molecule has 0 radical (unpaired) electrons. The fourth-order valence-electron chi connectivity index (χ4n) is 12.2. The first-order valence-corrected chi connectivity index (χ1v) is 36.6. The molecular weight excluding hydrogens is 1040 g/mol. The van der Waals surface area contributed by atoms with Gasteiger partial charge in [0.25, 0.3) is 0 Å². The molecule has 0 spiro atoms. The summed E-state index contributed by atoms with van der Waals surface area (Å²) in [5.74, 6) is -0.690. The molecule has 1 amide bonds. The van der Waals surface area contributed by atoms with Crippen molar-refractivity contribution in [3.05, 3.63) is 12.2 Å². The van der Waals surface area contributed by atoms with Gasteiger partial charge < -0.3 is 50.5 Å². The number of rotatable bonds is 65. The van der Waals surface area contributed by atoms with Crippen LogP contribution >= 0.6 is 0 Å². The van der Waals surface area contributed by atoms with Crippen LogP contribution in [0.2, 0.25) is 0 Å². The van der Waals surface area contributed by atoms with E-state index in [9.17, 15) is 40.5 Å². The third-order valence-corrected chi connectivity index (χ3v) is 18.1. The van der Waals surface area contributed by atoms with Gasteiger partial charge in [0.15, 0.2) is 6.29 Å².